The van der Waals surface area contributed by atoms with Crippen LogP contribution in [0.2, 0.25) is 5.15 Å². The first-order valence-electron chi connectivity index (χ1n) is 12.0. The fourth-order valence-corrected chi connectivity index (χ4v) is 5.54. The molecule has 2 aliphatic rings. The predicted octanol–water partition coefficient (Wildman–Crippen LogP) is 4.28. The maximum atomic E-state index is 13.0. The number of ether oxygens (including phenoxy) is 1. The van der Waals surface area contributed by atoms with Crippen molar-refractivity contribution in [3.05, 3.63) is 51.5 Å². The Hall–Kier alpha value is -3.31. The highest BCUT2D eigenvalue weighted by molar-refractivity contribution is 6.29. The van der Waals surface area contributed by atoms with Crippen LogP contribution in [0.15, 0.2) is 35.3 Å². The fourth-order valence-electron chi connectivity index (χ4n) is 5.39. The molecule has 3 heterocycles. The molecule has 0 radical (unpaired) electrons. The Morgan fingerprint density at radius 1 is 1.09 bits per heavy atom. The van der Waals surface area contributed by atoms with Crippen molar-refractivity contribution in [1.82, 2.24) is 14.5 Å². The van der Waals surface area contributed by atoms with Gasteiger partial charge in [0.2, 0.25) is 0 Å². The molecule has 0 N–H and O–H groups in total. The lowest BCUT2D eigenvalue weighted by atomic mass is 9.88. The lowest BCUT2D eigenvalue weighted by Crippen LogP contribution is -2.45. The van der Waals surface area contributed by atoms with Gasteiger partial charge in [-0.15, -0.1) is 0 Å². The van der Waals surface area contributed by atoms with Gasteiger partial charge in [0.1, 0.15) is 33.9 Å². The van der Waals surface area contributed by atoms with Gasteiger partial charge in [0.15, 0.2) is 0 Å². The van der Waals surface area contributed by atoms with Gasteiger partial charge in [0.05, 0.1) is 24.5 Å². The summed E-state index contributed by atoms with van der Waals surface area (Å²) in [6, 6.07) is 10.8. The molecule has 0 bridgehead atoms. The highest BCUT2D eigenvalue weighted by Gasteiger charge is 2.38. The van der Waals surface area contributed by atoms with Crippen molar-refractivity contribution >= 4 is 34.1 Å². The molecule has 8 nitrogen and oxygen atoms in total. The summed E-state index contributed by atoms with van der Waals surface area (Å²) in [6.45, 7) is 0. The zero-order chi connectivity index (χ0) is 24.7. The number of fused-ring (bicyclic) bond motifs is 1. The van der Waals surface area contributed by atoms with Gasteiger partial charge in [-0.05, 0) is 62.8 Å². The summed E-state index contributed by atoms with van der Waals surface area (Å²) in [5.74, 6) is 1.77. The first-order chi connectivity index (χ1) is 16.9. The monoisotopic (exact) mass is 492 g/mol. The minimum Gasteiger partial charge on any atom is -0.495 e. The Bertz CT molecular complexity index is 1340. The zero-order valence-electron chi connectivity index (χ0n) is 20.2. The summed E-state index contributed by atoms with van der Waals surface area (Å²) in [6.07, 6.45) is 8.10. The van der Waals surface area contributed by atoms with Crippen molar-refractivity contribution in [2.75, 3.05) is 24.0 Å². The van der Waals surface area contributed by atoms with Gasteiger partial charge >= 0.3 is 0 Å². The van der Waals surface area contributed by atoms with Crippen LogP contribution in [0, 0.1) is 11.3 Å². The molecule has 0 aromatic carbocycles. The van der Waals surface area contributed by atoms with Crippen LogP contribution in [-0.4, -0.2) is 46.8 Å². The maximum Gasteiger partial charge on any atom is 0.270 e. The van der Waals surface area contributed by atoms with E-state index in [0.29, 0.717) is 34.0 Å². The fraction of sp³-hybridized carbons (Fsp3) is 0.462. The number of aromatic nitrogens is 3. The van der Waals surface area contributed by atoms with E-state index in [4.69, 9.17) is 16.3 Å². The van der Waals surface area contributed by atoms with Crippen LogP contribution in [0.1, 0.15) is 44.1 Å². The minimum absolute atomic E-state index is 0.112. The third-order valence-corrected chi connectivity index (χ3v) is 7.62. The van der Waals surface area contributed by atoms with Gasteiger partial charge in [-0.25, -0.2) is 9.97 Å². The van der Waals surface area contributed by atoms with Gasteiger partial charge in [-0.3, -0.25) is 4.79 Å². The third kappa shape index (κ3) is 4.30. The maximum absolute atomic E-state index is 13.0. The van der Waals surface area contributed by atoms with Crippen molar-refractivity contribution in [3.8, 4) is 11.8 Å². The molecule has 0 amide bonds. The molecule has 2 fully saturated rings. The van der Waals surface area contributed by atoms with E-state index in [1.54, 1.807) is 32.5 Å². The molecule has 2 aliphatic carbocycles. The second-order valence-electron chi connectivity index (χ2n) is 9.47. The highest BCUT2D eigenvalue weighted by Crippen LogP contribution is 2.39. The molecule has 2 saturated carbocycles. The Balaban J connectivity index is 1.41. The smallest absolute Gasteiger partial charge is 0.270 e. The van der Waals surface area contributed by atoms with Crippen LogP contribution in [0.25, 0.3) is 11.0 Å². The summed E-state index contributed by atoms with van der Waals surface area (Å²) in [5, 5.41) is 10.2. The van der Waals surface area contributed by atoms with Crippen LogP contribution < -0.4 is 20.1 Å². The van der Waals surface area contributed by atoms with Crippen LogP contribution in [0.5, 0.6) is 5.75 Å². The van der Waals surface area contributed by atoms with Crippen molar-refractivity contribution in [2.45, 2.75) is 56.7 Å². The Kier molecular flexibility index (Phi) is 6.28. The average Bonchev–Trinajstić information content (AvgIpc) is 3.71. The zero-order valence-corrected chi connectivity index (χ0v) is 21.0. The summed E-state index contributed by atoms with van der Waals surface area (Å²) in [5.41, 5.74) is 1.63. The number of methoxy groups -OCH3 is 1. The molecule has 0 atom stereocenters. The number of rotatable bonds is 6. The van der Waals surface area contributed by atoms with Crippen molar-refractivity contribution in [2.24, 2.45) is 7.05 Å². The molecule has 35 heavy (non-hydrogen) atoms. The molecule has 9 heteroatoms. The Morgan fingerprint density at radius 3 is 2.31 bits per heavy atom. The summed E-state index contributed by atoms with van der Waals surface area (Å²) >= 11 is 6.22. The van der Waals surface area contributed by atoms with E-state index in [2.05, 4.69) is 31.9 Å². The van der Waals surface area contributed by atoms with Crippen LogP contribution in [-0.2, 0) is 7.05 Å². The molecular weight excluding hydrogens is 464 g/mol. The van der Waals surface area contributed by atoms with Crippen LogP contribution >= 0.6 is 11.6 Å². The molecule has 3 aromatic heterocycles. The molecule has 5 rings (SSSR count). The van der Waals surface area contributed by atoms with Crippen molar-refractivity contribution in [3.63, 3.8) is 0 Å². The molecular formula is C26H29ClN6O2. The topological polar surface area (TPSA) is 87.3 Å². The van der Waals surface area contributed by atoms with E-state index in [0.717, 1.165) is 37.3 Å². The summed E-state index contributed by atoms with van der Waals surface area (Å²) < 4.78 is 6.75. The lowest BCUT2D eigenvalue weighted by molar-refractivity contribution is 0.364. The highest BCUT2D eigenvalue weighted by atomic mass is 35.5. The quantitative estimate of drug-likeness (QED) is 0.474. The Morgan fingerprint density at radius 2 is 1.74 bits per heavy atom. The first-order valence-corrected chi connectivity index (χ1v) is 12.4. The number of hydrogen-bond donors (Lipinski definition) is 0. The van der Waals surface area contributed by atoms with Crippen LogP contribution in [0.4, 0.5) is 11.5 Å². The van der Waals surface area contributed by atoms with Gasteiger partial charge in [0.25, 0.3) is 5.56 Å². The molecule has 0 aliphatic heterocycles. The van der Waals surface area contributed by atoms with Crippen molar-refractivity contribution in [1.29, 1.82) is 5.26 Å². The summed E-state index contributed by atoms with van der Waals surface area (Å²) in [7, 11) is 5.28. The SMILES string of the molecule is COc1ccc(N(C2CC2)[C@H]2CC[C@H](N(C)c3c(C#N)c(=O)n(C)c4ccc(Cl)nc34)CC2)nc1. The van der Waals surface area contributed by atoms with E-state index in [-0.39, 0.29) is 17.2 Å². The third-order valence-electron chi connectivity index (χ3n) is 7.41. The number of aryl methyl sites for hydroxylation is 1. The van der Waals surface area contributed by atoms with Gasteiger partial charge < -0.3 is 19.1 Å². The van der Waals surface area contributed by atoms with E-state index in [9.17, 15) is 10.1 Å². The number of anilines is 2. The second kappa shape index (κ2) is 9.38. The number of hydrogen-bond acceptors (Lipinski definition) is 7. The normalized spacial score (nSPS) is 19.9. The molecule has 182 valence electrons. The van der Waals surface area contributed by atoms with E-state index in [1.165, 1.54) is 17.4 Å². The number of pyridine rings is 3. The standard InChI is InChI=1S/C26H29ClN6O2/c1-31(25-20(14-28)26(34)32(2)21-11-12-22(27)30-24(21)25)16-4-6-17(7-5-16)33(18-8-9-18)23-13-10-19(35-3)15-29-23/h10-13,15-18H,4-9H2,1-3H3/t16-,17-. The molecule has 0 unspecified atom stereocenters. The van der Waals surface area contributed by atoms with Gasteiger partial charge in [-0.1, -0.05) is 11.6 Å². The summed E-state index contributed by atoms with van der Waals surface area (Å²) in [4.78, 5) is 26.7. The largest absolute Gasteiger partial charge is 0.495 e. The number of halogens is 1. The second-order valence-corrected chi connectivity index (χ2v) is 9.86. The van der Waals surface area contributed by atoms with Crippen LogP contribution in [0.3, 0.4) is 0 Å². The minimum atomic E-state index is -0.315. The lowest BCUT2D eigenvalue weighted by Gasteiger charge is -2.41. The first kappa shape index (κ1) is 23.4. The Labute approximate surface area is 209 Å². The van der Waals surface area contributed by atoms with Crippen molar-refractivity contribution < 1.29 is 4.74 Å². The van der Waals surface area contributed by atoms with E-state index in [1.807, 2.05) is 13.1 Å². The predicted molar refractivity (Wildman–Crippen MR) is 137 cm³/mol. The van der Waals surface area contributed by atoms with E-state index < -0.39 is 0 Å². The molecule has 0 spiro atoms. The number of nitriles is 1. The van der Waals surface area contributed by atoms with Gasteiger partial charge in [0, 0.05) is 32.2 Å². The van der Waals surface area contributed by atoms with E-state index >= 15 is 0 Å². The molecule has 0 saturated heterocycles. The number of nitrogens with zero attached hydrogens (tertiary/aromatic N) is 6. The average molecular weight is 493 g/mol. The van der Waals surface area contributed by atoms with Gasteiger partial charge in [-0.2, -0.15) is 5.26 Å². The molecule has 3 aromatic rings.